The number of alkyl halides is 3. The molecule has 1 aromatic rings. The quantitative estimate of drug-likeness (QED) is 0.668. The molecule has 6 nitrogen and oxygen atoms in total. The smallest absolute Gasteiger partial charge is 0.365 e. The van der Waals surface area contributed by atoms with E-state index in [2.05, 4.69) is 4.72 Å². The van der Waals surface area contributed by atoms with Gasteiger partial charge < -0.3 is 4.90 Å². The van der Waals surface area contributed by atoms with Gasteiger partial charge in [0.1, 0.15) is 16.7 Å². The lowest BCUT2D eigenvalue weighted by Gasteiger charge is -2.34. The molecule has 0 amide bonds. The number of nitrogens with zero attached hydrogens (tertiary/aromatic N) is 2. The lowest BCUT2D eigenvalue weighted by molar-refractivity contribution is -0.384. The normalized spacial score (nSPS) is 20.3. The first-order chi connectivity index (χ1) is 10.7. The Morgan fingerprint density at radius 2 is 2.13 bits per heavy atom. The number of hydrogen-bond donors (Lipinski definition) is 1. The van der Waals surface area contributed by atoms with Gasteiger partial charge in [0, 0.05) is 19.2 Å². The Morgan fingerprint density at radius 3 is 2.70 bits per heavy atom. The molecule has 1 N–H and O–H groups in total. The molecule has 1 aromatic carbocycles. The first kappa shape index (κ1) is 17.7. The number of benzene rings is 1. The van der Waals surface area contributed by atoms with E-state index in [9.17, 15) is 27.5 Å². The molecule has 0 radical (unpaired) electrons. The van der Waals surface area contributed by atoms with Crippen LogP contribution in [0.4, 0.5) is 24.5 Å². The lowest BCUT2D eigenvalue weighted by atomic mass is 9.97. The molecular weight excluding hydrogens is 335 g/mol. The molecule has 1 fully saturated rings. The summed E-state index contributed by atoms with van der Waals surface area (Å²) in [5.41, 5.74) is -0.213. The second-order valence-corrected chi connectivity index (χ2v) is 6.62. The Labute approximate surface area is 133 Å². The van der Waals surface area contributed by atoms with E-state index < -0.39 is 28.0 Å². The molecule has 1 aliphatic rings. The molecule has 0 saturated carbocycles. The number of halogens is 3. The fraction of sp³-hybridized carbons (Fsp3) is 0.538. The summed E-state index contributed by atoms with van der Waals surface area (Å²) in [6, 6.07) is 3.92. The van der Waals surface area contributed by atoms with Crippen molar-refractivity contribution in [3.8, 4) is 0 Å². The molecule has 0 aliphatic carbocycles. The Balaban J connectivity index is 2.35. The molecule has 0 aromatic heterocycles. The number of hydrogen-bond acceptors (Lipinski definition) is 4. The van der Waals surface area contributed by atoms with Gasteiger partial charge in [-0.05, 0) is 32.0 Å². The zero-order valence-electron chi connectivity index (χ0n) is 12.3. The van der Waals surface area contributed by atoms with Crippen LogP contribution in [0.5, 0.6) is 0 Å². The van der Waals surface area contributed by atoms with Gasteiger partial charge in [-0.15, -0.1) is 0 Å². The molecule has 2 atom stereocenters. The van der Waals surface area contributed by atoms with Crippen molar-refractivity contribution < 1.29 is 22.3 Å². The van der Waals surface area contributed by atoms with Crippen LogP contribution >= 0.6 is 0 Å². The monoisotopic (exact) mass is 351 g/mol. The maximum absolute atomic E-state index is 12.9. The van der Waals surface area contributed by atoms with Gasteiger partial charge in [-0.25, -0.2) is 8.93 Å². The van der Waals surface area contributed by atoms with Crippen LogP contribution in [-0.4, -0.2) is 35.4 Å². The minimum absolute atomic E-state index is 0.0235. The molecule has 0 spiro atoms. The number of nitrogens with one attached hydrogen (secondary N) is 1. The number of anilines is 1. The molecule has 1 heterocycles. The summed E-state index contributed by atoms with van der Waals surface area (Å²) in [5, 5.41) is 11.2. The van der Waals surface area contributed by atoms with Crippen LogP contribution in [0, 0.1) is 16.0 Å². The highest BCUT2D eigenvalue weighted by Crippen LogP contribution is 2.38. The van der Waals surface area contributed by atoms with Gasteiger partial charge in [-0.2, -0.15) is 13.2 Å². The second-order valence-electron chi connectivity index (χ2n) is 5.21. The average molecular weight is 351 g/mol. The molecule has 128 valence electrons. The SMILES string of the molecule is CNS(=O)c1ccc(N2CCCC(C(F)(F)F)C2)c([N+](=O)[O-])c1. The van der Waals surface area contributed by atoms with Gasteiger partial charge in [0.2, 0.25) is 0 Å². The predicted molar refractivity (Wildman–Crippen MR) is 79.6 cm³/mol. The van der Waals surface area contributed by atoms with Crippen LogP contribution in [-0.2, 0) is 11.0 Å². The van der Waals surface area contributed by atoms with E-state index >= 15 is 0 Å². The van der Waals surface area contributed by atoms with Gasteiger partial charge in [-0.1, -0.05) is 0 Å². The number of nitro groups is 1. The summed E-state index contributed by atoms with van der Waals surface area (Å²) < 4.78 is 52.8. The molecule has 2 unspecified atom stereocenters. The third kappa shape index (κ3) is 3.99. The van der Waals surface area contributed by atoms with E-state index in [1.807, 2.05) is 0 Å². The van der Waals surface area contributed by atoms with E-state index in [-0.39, 0.29) is 29.2 Å². The van der Waals surface area contributed by atoms with Gasteiger partial charge in [0.15, 0.2) is 0 Å². The van der Waals surface area contributed by atoms with Crippen molar-refractivity contribution >= 4 is 22.4 Å². The molecule has 0 bridgehead atoms. The van der Waals surface area contributed by atoms with Crippen molar-refractivity contribution in [3.05, 3.63) is 28.3 Å². The second kappa shape index (κ2) is 6.83. The highest BCUT2D eigenvalue weighted by atomic mass is 32.2. The minimum Gasteiger partial charge on any atom is -0.365 e. The molecule has 23 heavy (non-hydrogen) atoms. The maximum atomic E-state index is 12.9. The maximum Gasteiger partial charge on any atom is 0.393 e. The molecule has 1 saturated heterocycles. The highest BCUT2D eigenvalue weighted by Gasteiger charge is 2.42. The fourth-order valence-corrected chi connectivity index (χ4v) is 3.26. The lowest BCUT2D eigenvalue weighted by Crippen LogP contribution is -2.42. The molecule has 2 rings (SSSR count). The third-order valence-electron chi connectivity index (χ3n) is 3.77. The van der Waals surface area contributed by atoms with Crippen molar-refractivity contribution in [2.75, 3.05) is 25.0 Å². The number of nitro benzene ring substituents is 1. The Morgan fingerprint density at radius 1 is 1.43 bits per heavy atom. The first-order valence-electron chi connectivity index (χ1n) is 6.93. The van der Waals surface area contributed by atoms with E-state index in [0.717, 1.165) is 6.07 Å². The van der Waals surface area contributed by atoms with Crippen molar-refractivity contribution in [1.82, 2.24) is 4.72 Å². The summed E-state index contributed by atoms with van der Waals surface area (Å²) >= 11 is 0. The topological polar surface area (TPSA) is 75.5 Å². The fourth-order valence-electron chi connectivity index (χ4n) is 2.61. The van der Waals surface area contributed by atoms with E-state index in [4.69, 9.17) is 0 Å². The highest BCUT2D eigenvalue weighted by molar-refractivity contribution is 7.83. The van der Waals surface area contributed by atoms with Gasteiger partial charge >= 0.3 is 6.18 Å². The standard InChI is InChI=1S/C13H16F3N3O3S/c1-17-23(22)10-4-5-11(12(7-10)19(20)21)18-6-2-3-9(8-18)13(14,15)16/h4-5,7,9,17H,2-3,6,8H2,1H3. The summed E-state index contributed by atoms with van der Waals surface area (Å²) in [5.74, 6) is -1.50. The van der Waals surface area contributed by atoms with E-state index in [1.165, 1.54) is 24.1 Å². The van der Waals surface area contributed by atoms with Crippen molar-refractivity contribution in [3.63, 3.8) is 0 Å². The van der Waals surface area contributed by atoms with Crippen LogP contribution < -0.4 is 9.62 Å². The van der Waals surface area contributed by atoms with Crippen LogP contribution in [0.3, 0.4) is 0 Å². The van der Waals surface area contributed by atoms with Crippen molar-refractivity contribution in [2.24, 2.45) is 5.92 Å². The average Bonchev–Trinajstić information content (AvgIpc) is 2.52. The Hall–Kier alpha value is -1.68. The van der Waals surface area contributed by atoms with E-state index in [1.54, 1.807) is 0 Å². The summed E-state index contributed by atoms with van der Waals surface area (Å²) in [6.07, 6.45) is -3.98. The minimum atomic E-state index is -4.32. The van der Waals surface area contributed by atoms with Crippen LogP contribution in [0.1, 0.15) is 12.8 Å². The summed E-state index contributed by atoms with van der Waals surface area (Å²) in [7, 11) is -0.166. The van der Waals surface area contributed by atoms with Gasteiger partial charge in [0.25, 0.3) is 5.69 Å². The van der Waals surface area contributed by atoms with E-state index in [0.29, 0.717) is 13.0 Å². The van der Waals surface area contributed by atoms with Crippen molar-refractivity contribution in [1.29, 1.82) is 0 Å². The third-order valence-corrected chi connectivity index (χ3v) is 4.82. The van der Waals surface area contributed by atoms with Crippen molar-refractivity contribution in [2.45, 2.75) is 23.9 Å². The Kier molecular flexibility index (Phi) is 5.25. The van der Waals surface area contributed by atoms with Gasteiger partial charge in [0.05, 0.1) is 15.7 Å². The molecule has 1 aliphatic heterocycles. The molecular formula is C13H16F3N3O3S. The number of piperidine rings is 1. The summed E-state index contributed by atoms with van der Waals surface area (Å²) in [4.78, 5) is 12.2. The van der Waals surface area contributed by atoms with Crippen LogP contribution in [0.15, 0.2) is 23.1 Å². The Bertz CT molecular complexity index is 624. The van der Waals surface area contributed by atoms with Crippen LogP contribution in [0.2, 0.25) is 0 Å². The predicted octanol–water partition coefficient (Wildman–Crippen LogP) is 2.62. The zero-order valence-corrected chi connectivity index (χ0v) is 13.1. The van der Waals surface area contributed by atoms with Gasteiger partial charge in [-0.3, -0.25) is 10.1 Å². The largest absolute Gasteiger partial charge is 0.393 e. The van der Waals surface area contributed by atoms with Crippen LogP contribution in [0.25, 0.3) is 0 Å². The zero-order chi connectivity index (χ0) is 17.2. The number of rotatable bonds is 4. The molecule has 10 heteroatoms. The first-order valence-corrected chi connectivity index (χ1v) is 8.08. The summed E-state index contributed by atoms with van der Waals surface area (Å²) in [6.45, 7) is 0.0146.